The average molecular weight is 265 g/mol. The van der Waals surface area contributed by atoms with E-state index in [9.17, 15) is 10.0 Å². The van der Waals surface area contributed by atoms with E-state index in [-0.39, 0.29) is 0 Å². The summed E-state index contributed by atoms with van der Waals surface area (Å²) in [4.78, 5) is 2.33. The second-order valence-corrected chi connectivity index (χ2v) is 4.67. The van der Waals surface area contributed by atoms with Gasteiger partial charge in [-0.25, -0.2) is 0 Å². The molecule has 0 saturated heterocycles. The van der Waals surface area contributed by atoms with Crippen molar-refractivity contribution < 1.29 is 14.8 Å². The Morgan fingerprint density at radius 2 is 2.00 bits per heavy atom. The highest BCUT2D eigenvalue weighted by Gasteiger charge is 2.15. The highest BCUT2D eigenvalue weighted by atomic mass is 16.5. The summed E-state index contributed by atoms with van der Waals surface area (Å²) in [6.07, 6.45) is 2.33. The maximum atomic E-state index is 9.25. The Labute approximate surface area is 116 Å². The zero-order chi connectivity index (χ0) is 14.3. The molecule has 4 nitrogen and oxygen atoms in total. The normalized spacial score (nSPS) is 10.8. The Morgan fingerprint density at radius 1 is 1.26 bits per heavy atom. The van der Waals surface area contributed by atoms with Crippen LogP contribution in [0, 0.1) is 0 Å². The van der Waals surface area contributed by atoms with E-state index >= 15 is 0 Å². The third-order valence-corrected chi connectivity index (χ3v) is 3.27. The van der Waals surface area contributed by atoms with Crippen LogP contribution in [-0.2, 0) is 6.54 Å². The fourth-order valence-electron chi connectivity index (χ4n) is 2.05. The Morgan fingerprint density at radius 3 is 2.53 bits per heavy atom. The molecule has 1 aromatic rings. The minimum Gasteiger partial charge on any atom is -0.496 e. The third kappa shape index (κ3) is 4.86. The number of unbranched alkanes of at least 4 members (excludes halogenated alkanes) is 1. The standard InChI is InChI=1S/C14H24BNO3/c1-4-6-9-16(5-2)11-12-10-13(15(17)18)7-8-14(12)19-3/h7-8,10,17-18H,4-6,9,11H2,1-3H3. The molecule has 0 radical (unpaired) electrons. The summed E-state index contributed by atoms with van der Waals surface area (Å²) >= 11 is 0. The quantitative estimate of drug-likeness (QED) is 0.688. The van der Waals surface area contributed by atoms with Crippen LogP contribution in [0.1, 0.15) is 32.3 Å². The predicted octanol–water partition coefficient (Wildman–Crippen LogP) is 0.997. The zero-order valence-corrected chi connectivity index (χ0v) is 12.1. The molecule has 0 heterocycles. The van der Waals surface area contributed by atoms with E-state index in [4.69, 9.17) is 4.74 Å². The van der Waals surface area contributed by atoms with Crippen LogP contribution in [0.2, 0.25) is 0 Å². The molecule has 0 fully saturated rings. The maximum absolute atomic E-state index is 9.25. The van der Waals surface area contributed by atoms with E-state index in [0.717, 1.165) is 30.9 Å². The molecule has 19 heavy (non-hydrogen) atoms. The number of hydrogen-bond donors (Lipinski definition) is 2. The first-order valence-electron chi connectivity index (χ1n) is 6.87. The van der Waals surface area contributed by atoms with Gasteiger partial charge in [-0.2, -0.15) is 0 Å². The lowest BCUT2D eigenvalue weighted by atomic mass is 9.79. The number of rotatable bonds is 8. The summed E-state index contributed by atoms with van der Waals surface area (Å²) in [5.41, 5.74) is 1.49. The number of hydrogen-bond acceptors (Lipinski definition) is 4. The smallest absolute Gasteiger partial charge is 0.488 e. The van der Waals surface area contributed by atoms with Crippen LogP contribution in [0.15, 0.2) is 18.2 Å². The van der Waals surface area contributed by atoms with Crippen molar-refractivity contribution in [3.63, 3.8) is 0 Å². The van der Waals surface area contributed by atoms with Gasteiger partial charge in [-0.15, -0.1) is 0 Å². The Kier molecular flexibility index (Phi) is 6.91. The molecule has 0 saturated carbocycles. The van der Waals surface area contributed by atoms with Crippen molar-refractivity contribution in [3.05, 3.63) is 23.8 Å². The Bertz CT molecular complexity index is 385. The summed E-state index contributed by atoms with van der Waals surface area (Å²) in [5.74, 6) is 0.791. The molecule has 0 aliphatic carbocycles. The molecule has 1 aromatic carbocycles. The van der Waals surface area contributed by atoms with Gasteiger partial charge in [-0.05, 0) is 31.0 Å². The molecule has 0 aromatic heterocycles. The summed E-state index contributed by atoms with van der Waals surface area (Å²) in [7, 11) is 0.200. The molecule has 2 N–H and O–H groups in total. The van der Waals surface area contributed by atoms with Crippen molar-refractivity contribution in [3.8, 4) is 5.75 Å². The van der Waals surface area contributed by atoms with Gasteiger partial charge >= 0.3 is 7.12 Å². The van der Waals surface area contributed by atoms with E-state index in [2.05, 4.69) is 18.7 Å². The van der Waals surface area contributed by atoms with Gasteiger partial charge < -0.3 is 14.8 Å². The van der Waals surface area contributed by atoms with E-state index in [1.807, 2.05) is 0 Å². The summed E-state index contributed by atoms with van der Waals surface area (Å²) in [6.45, 7) is 7.08. The topological polar surface area (TPSA) is 52.9 Å². The van der Waals surface area contributed by atoms with Crippen molar-refractivity contribution in [2.45, 2.75) is 33.2 Å². The van der Waals surface area contributed by atoms with Crippen LogP contribution in [0.25, 0.3) is 0 Å². The minimum absolute atomic E-state index is 0.502. The number of ether oxygens (including phenoxy) is 1. The maximum Gasteiger partial charge on any atom is 0.488 e. The average Bonchev–Trinajstić information content (AvgIpc) is 2.43. The van der Waals surface area contributed by atoms with Crippen LogP contribution in [0.5, 0.6) is 5.75 Å². The van der Waals surface area contributed by atoms with Crippen molar-refractivity contribution in [1.29, 1.82) is 0 Å². The molecule has 0 aliphatic heterocycles. The van der Waals surface area contributed by atoms with Gasteiger partial charge in [0.05, 0.1) is 7.11 Å². The van der Waals surface area contributed by atoms with Crippen LogP contribution in [0.3, 0.4) is 0 Å². The number of nitrogens with zero attached hydrogens (tertiary/aromatic N) is 1. The molecule has 0 amide bonds. The first-order chi connectivity index (χ1) is 9.12. The zero-order valence-electron chi connectivity index (χ0n) is 12.1. The van der Waals surface area contributed by atoms with Gasteiger partial charge in [-0.1, -0.05) is 32.4 Å². The summed E-state index contributed by atoms with van der Waals surface area (Å²) in [6, 6.07) is 5.27. The van der Waals surface area contributed by atoms with Gasteiger partial charge in [0.25, 0.3) is 0 Å². The van der Waals surface area contributed by atoms with Gasteiger partial charge in [0.1, 0.15) is 5.75 Å². The lowest BCUT2D eigenvalue weighted by Crippen LogP contribution is -2.31. The lowest BCUT2D eigenvalue weighted by molar-refractivity contribution is 0.270. The molecule has 0 aliphatic rings. The van der Waals surface area contributed by atoms with Crippen LogP contribution >= 0.6 is 0 Å². The summed E-state index contributed by atoms with van der Waals surface area (Å²) in [5, 5.41) is 18.5. The molecule has 0 spiro atoms. The van der Waals surface area contributed by atoms with E-state index in [0.29, 0.717) is 5.46 Å². The predicted molar refractivity (Wildman–Crippen MR) is 78.7 cm³/mol. The molecule has 106 valence electrons. The molecule has 1 rings (SSSR count). The Hall–Kier alpha value is -1.04. The molecule has 0 atom stereocenters. The third-order valence-electron chi connectivity index (χ3n) is 3.27. The van der Waals surface area contributed by atoms with E-state index in [1.54, 1.807) is 25.3 Å². The molecular formula is C14H24BNO3. The first-order valence-corrected chi connectivity index (χ1v) is 6.87. The monoisotopic (exact) mass is 265 g/mol. The SMILES string of the molecule is CCCCN(CC)Cc1cc(B(O)O)ccc1OC. The molecule has 0 unspecified atom stereocenters. The largest absolute Gasteiger partial charge is 0.496 e. The van der Waals surface area contributed by atoms with E-state index < -0.39 is 7.12 Å². The van der Waals surface area contributed by atoms with Crippen LogP contribution < -0.4 is 10.2 Å². The first kappa shape index (κ1) is 16.0. The van der Waals surface area contributed by atoms with Gasteiger partial charge in [0.15, 0.2) is 0 Å². The fraction of sp³-hybridized carbons (Fsp3) is 0.571. The van der Waals surface area contributed by atoms with Crippen LogP contribution in [-0.4, -0.2) is 42.3 Å². The highest BCUT2D eigenvalue weighted by Crippen LogP contribution is 2.18. The van der Waals surface area contributed by atoms with Crippen molar-refractivity contribution in [1.82, 2.24) is 4.90 Å². The molecule has 0 bridgehead atoms. The van der Waals surface area contributed by atoms with Crippen molar-refractivity contribution in [2.75, 3.05) is 20.2 Å². The number of benzene rings is 1. The molecule has 5 heteroatoms. The van der Waals surface area contributed by atoms with Crippen molar-refractivity contribution >= 4 is 12.6 Å². The second-order valence-electron chi connectivity index (χ2n) is 4.67. The summed E-state index contributed by atoms with van der Waals surface area (Å²) < 4.78 is 5.34. The molecular weight excluding hydrogens is 241 g/mol. The van der Waals surface area contributed by atoms with Gasteiger partial charge in [0.2, 0.25) is 0 Å². The van der Waals surface area contributed by atoms with Crippen LogP contribution in [0.4, 0.5) is 0 Å². The minimum atomic E-state index is -1.43. The lowest BCUT2D eigenvalue weighted by Gasteiger charge is -2.22. The fourth-order valence-corrected chi connectivity index (χ4v) is 2.05. The van der Waals surface area contributed by atoms with Gasteiger partial charge in [0, 0.05) is 12.1 Å². The van der Waals surface area contributed by atoms with E-state index in [1.165, 1.54) is 12.8 Å². The highest BCUT2D eigenvalue weighted by molar-refractivity contribution is 6.58. The van der Waals surface area contributed by atoms with Crippen molar-refractivity contribution in [2.24, 2.45) is 0 Å². The Balaban J connectivity index is 2.86. The second kappa shape index (κ2) is 8.20. The van der Waals surface area contributed by atoms with Gasteiger partial charge in [-0.3, -0.25) is 4.90 Å². The number of methoxy groups -OCH3 is 1.